The zero-order chi connectivity index (χ0) is 16.8. The molecule has 0 radical (unpaired) electrons. The molecule has 1 fully saturated rings. The maximum atomic E-state index is 6.10. The van der Waals surface area contributed by atoms with E-state index in [1.54, 1.807) is 5.12 Å². The molecule has 1 saturated carbocycles. The van der Waals surface area contributed by atoms with E-state index in [0.29, 0.717) is 18.7 Å². The molecule has 4 N–H and O–H groups in total. The number of benzene rings is 1. The summed E-state index contributed by atoms with van der Waals surface area (Å²) >= 11 is 0. The Balaban J connectivity index is 1.54. The lowest BCUT2D eigenvalue weighted by molar-refractivity contribution is 0.156. The van der Waals surface area contributed by atoms with Crippen LogP contribution < -0.4 is 16.6 Å². The summed E-state index contributed by atoms with van der Waals surface area (Å²) in [6.45, 7) is 2.47. The molecule has 0 spiro atoms. The number of aryl methyl sites for hydroxylation is 1. The van der Waals surface area contributed by atoms with E-state index in [1.807, 2.05) is 31.2 Å². The Kier molecular flexibility index (Phi) is 5.96. The summed E-state index contributed by atoms with van der Waals surface area (Å²) < 4.78 is 0. The van der Waals surface area contributed by atoms with E-state index in [2.05, 4.69) is 20.7 Å². The minimum Gasteiger partial charge on any atom is -0.339 e. The van der Waals surface area contributed by atoms with Crippen molar-refractivity contribution in [1.82, 2.24) is 20.5 Å². The molecule has 0 saturated heterocycles. The number of nitrogens with two attached hydrogens (primary N) is 1. The Bertz CT molecular complexity index is 651. The fourth-order valence-corrected chi connectivity index (χ4v) is 3.34. The summed E-state index contributed by atoms with van der Waals surface area (Å²) in [5.74, 6) is 6.71. The highest BCUT2D eigenvalue weighted by molar-refractivity contribution is 5.81. The highest BCUT2D eigenvalue weighted by Gasteiger charge is 2.13. The number of rotatable bonds is 5. The predicted octanol–water partition coefficient (Wildman–Crippen LogP) is 3.10. The van der Waals surface area contributed by atoms with E-state index in [1.165, 1.54) is 44.9 Å². The van der Waals surface area contributed by atoms with Crippen LogP contribution in [-0.2, 0) is 0 Å². The molecule has 130 valence electrons. The van der Waals surface area contributed by atoms with Crippen molar-refractivity contribution in [3.63, 3.8) is 0 Å². The van der Waals surface area contributed by atoms with Crippen LogP contribution in [0.4, 0.5) is 5.95 Å². The van der Waals surface area contributed by atoms with Crippen LogP contribution in [0.15, 0.2) is 24.3 Å². The van der Waals surface area contributed by atoms with Gasteiger partial charge >= 0.3 is 0 Å². The van der Waals surface area contributed by atoms with Crippen LogP contribution in [0.1, 0.15) is 50.6 Å². The van der Waals surface area contributed by atoms with Gasteiger partial charge in [0.25, 0.3) is 0 Å². The van der Waals surface area contributed by atoms with E-state index >= 15 is 0 Å². The number of nitrogens with zero attached hydrogens (tertiary/aromatic N) is 3. The van der Waals surface area contributed by atoms with Crippen molar-refractivity contribution >= 4 is 16.9 Å². The molecule has 3 rings (SSSR count). The van der Waals surface area contributed by atoms with Crippen molar-refractivity contribution in [3.8, 4) is 0 Å². The third kappa shape index (κ3) is 4.63. The summed E-state index contributed by atoms with van der Waals surface area (Å²) in [5, 5.41) is 5.92. The SMILES string of the molecule is Cc1nc(NCN(N)NC2CCCCCCC2)nc2ccccc12. The average Bonchev–Trinajstić information content (AvgIpc) is 2.55. The van der Waals surface area contributed by atoms with Gasteiger partial charge in [-0.2, -0.15) is 5.12 Å². The second kappa shape index (κ2) is 8.37. The molecular weight excluding hydrogens is 300 g/mol. The molecule has 1 aromatic heterocycles. The van der Waals surface area contributed by atoms with Crippen LogP contribution in [0.25, 0.3) is 10.9 Å². The van der Waals surface area contributed by atoms with Gasteiger partial charge in [-0.15, -0.1) is 0 Å². The predicted molar refractivity (Wildman–Crippen MR) is 98.0 cm³/mol. The molecule has 1 aliphatic carbocycles. The molecule has 1 aromatic carbocycles. The maximum Gasteiger partial charge on any atom is 0.224 e. The maximum absolute atomic E-state index is 6.10. The summed E-state index contributed by atoms with van der Waals surface area (Å²) in [7, 11) is 0. The van der Waals surface area contributed by atoms with Crippen molar-refractivity contribution in [2.24, 2.45) is 5.84 Å². The van der Waals surface area contributed by atoms with Crippen LogP contribution in [0.5, 0.6) is 0 Å². The third-order valence-corrected chi connectivity index (χ3v) is 4.65. The lowest BCUT2D eigenvalue weighted by Gasteiger charge is -2.26. The molecule has 6 nitrogen and oxygen atoms in total. The first-order chi connectivity index (χ1) is 11.7. The van der Waals surface area contributed by atoms with Crippen molar-refractivity contribution in [3.05, 3.63) is 30.0 Å². The fourth-order valence-electron chi connectivity index (χ4n) is 3.34. The van der Waals surface area contributed by atoms with Gasteiger partial charge in [0.15, 0.2) is 0 Å². The topological polar surface area (TPSA) is 79.1 Å². The Labute approximate surface area is 143 Å². The van der Waals surface area contributed by atoms with Gasteiger partial charge in [-0.05, 0) is 25.8 Å². The van der Waals surface area contributed by atoms with Gasteiger partial charge in [-0.1, -0.05) is 50.3 Å². The molecule has 6 heteroatoms. The second-order valence-corrected chi connectivity index (χ2v) is 6.63. The van der Waals surface area contributed by atoms with Crippen LogP contribution in [0, 0.1) is 6.92 Å². The Morgan fingerprint density at radius 2 is 1.79 bits per heavy atom. The van der Waals surface area contributed by atoms with Gasteiger partial charge in [-0.3, -0.25) is 5.84 Å². The molecule has 0 atom stereocenters. The number of fused-ring (bicyclic) bond motifs is 1. The van der Waals surface area contributed by atoms with Crippen LogP contribution in [-0.4, -0.2) is 27.8 Å². The number of nitrogens with one attached hydrogen (secondary N) is 2. The number of aromatic nitrogens is 2. The zero-order valence-electron chi connectivity index (χ0n) is 14.5. The summed E-state index contributed by atoms with van der Waals surface area (Å²) in [6.07, 6.45) is 9.01. The Morgan fingerprint density at radius 3 is 2.58 bits per heavy atom. The second-order valence-electron chi connectivity index (χ2n) is 6.63. The van der Waals surface area contributed by atoms with Crippen molar-refractivity contribution in [2.45, 2.75) is 57.9 Å². The smallest absolute Gasteiger partial charge is 0.224 e. The summed E-state index contributed by atoms with van der Waals surface area (Å²) in [6, 6.07) is 8.51. The van der Waals surface area contributed by atoms with Crippen molar-refractivity contribution < 1.29 is 0 Å². The fraction of sp³-hybridized carbons (Fsp3) is 0.556. The van der Waals surface area contributed by atoms with Gasteiger partial charge in [-0.25, -0.2) is 15.4 Å². The van der Waals surface area contributed by atoms with E-state index in [9.17, 15) is 0 Å². The van der Waals surface area contributed by atoms with Gasteiger partial charge in [0.1, 0.15) is 0 Å². The lowest BCUT2D eigenvalue weighted by atomic mass is 9.97. The van der Waals surface area contributed by atoms with Crippen LogP contribution in [0.3, 0.4) is 0 Å². The molecule has 1 heterocycles. The van der Waals surface area contributed by atoms with E-state index < -0.39 is 0 Å². The standard InChI is InChI=1S/C18H28N6/c1-14-16-11-7-8-12-17(16)22-18(21-14)20-13-24(19)23-15-9-5-3-2-4-6-10-15/h7-8,11-12,15,23H,2-6,9-10,13,19H2,1H3,(H,20,21,22). The van der Waals surface area contributed by atoms with Crippen molar-refractivity contribution in [2.75, 3.05) is 12.0 Å². The summed E-state index contributed by atoms with van der Waals surface area (Å²) in [5.41, 5.74) is 5.32. The number of anilines is 1. The largest absolute Gasteiger partial charge is 0.339 e. The summed E-state index contributed by atoms with van der Waals surface area (Å²) in [4.78, 5) is 9.07. The monoisotopic (exact) mass is 328 g/mol. The number of para-hydroxylation sites is 1. The molecule has 0 amide bonds. The molecule has 24 heavy (non-hydrogen) atoms. The van der Waals surface area contributed by atoms with Gasteiger partial charge in [0, 0.05) is 11.4 Å². The van der Waals surface area contributed by atoms with E-state index in [0.717, 1.165) is 16.6 Å². The Morgan fingerprint density at radius 1 is 1.08 bits per heavy atom. The minimum atomic E-state index is 0.467. The normalized spacial score (nSPS) is 17.0. The molecule has 0 unspecified atom stereocenters. The van der Waals surface area contributed by atoms with E-state index in [-0.39, 0.29) is 0 Å². The number of hydrazine groups is 2. The molecule has 0 bridgehead atoms. The number of hydrogen-bond donors (Lipinski definition) is 3. The quantitative estimate of drug-likeness (QED) is 0.445. The van der Waals surface area contributed by atoms with Gasteiger partial charge in [0.2, 0.25) is 5.95 Å². The Hall–Kier alpha value is -1.76. The van der Waals surface area contributed by atoms with E-state index in [4.69, 9.17) is 5.84 Å². The molecule has 0 aliphatic heterocycles. The lowest BCUT2D eigenvalue weighted by Crippen LogP contribution is -2.51. The number of hydrogen-bond acceptors (Lipinski definition) is 6. The minimum absolute atomic E-state index is 0.467. The molecule has 1 aliphatic rings. The highest BCUT2D eigenvalue weighted by Crippen LogP contribution is 2.18. The highest BCUT2D eigenvalue weighted by atomic mass is 15.7. The van der Waals surface area contributed by atoms with Gasteiger partial charge < -0.3 is 5.32 Å². The van der Waals surface area contributed by atoms with Crippen LogP contribution in [0.2, 0.25) is 0 Å². The first-order valence-electron chi connectivity index (χ1n) is 8.98. The van der Waals surface area contributed by atoms with Crippen molar-refractivity contribution in [1.29, 1.82) is 0 Å². The molecule has 2 aromatic rings. The third-order valence-electron chi connectivity index (χ3n) is 4.65. The van der Waals surface area contributed by atoms with Gasteiger partial charge in [0.05, 0.1) is 17.9 Å². The first kappa shape index (κ1) is 17.1. The van der Waals surface area contributed by atoms with Crippen LogP contribution >= 0.6 is 0 Å². The zero-order valence-corrected chi connectivity index (χ0v) is 14.5. The average molecular weight is 328 g/mol. The molecular formula is C18H28N6. The first-order valence-corrected chi connectivity index (χ1v) is 8.98.